The Morgan fingerprint density at radius 2 is 1.75 bits per heavy atom. The first-order chi connectivity index (χ1) is 13.6. The van der Waals surface area contributed by atoms with Gasteiger partial charge in [0.05, 0.1) is 18.5 Å². The molecule has 0 aliphatic carbocycles. The highest BCUT2D eigenvalue weighted by molar-refractivity contribution is 6.30. The maximum absolute atomic E-state index is 12.7. The quantitative estimate of drug-likeness (QED) is 0.463. The molecular formula is C21H16ClN3O3. The van der Waals surface area contributed by atoms with Gasteiger partial charge in [-0.15, -0.1) is 0 Å². The van der Waals surface area contributed by atoms with Crippen LogP contribution >= 0.6 is 11.6 Å². The average molecular weight is 394 g/mol. The number of carbonyl (C=O) groups is 2. The minimum absolute atomic E-state index is 0.242. The van der Waals surface area contributed by atoms with E-state index in [-0.39, 0.29) is 24.1 Å². The Labute approximate surface area is 165 Å². The number of anilines is 1. The molecule has 2 heterocycles. The maximum atomic E-state index is 12.7. The summed E-state index contributed by atoms with van der Waals surface area (Å²) in [7, 11) is 0. The lowest BCUT2D eigenvalue weighted by atomic mass is 10.1. The minimum atomic E-state index is -0.348. The lowest BCUT2D eigenvalue weighted by molar-refractivity contribution is 0.0945. The second kappa shape index (κ2) is 7.62. The summed E-state index contributed by atoms with van der Waals surface area (Å²) in [6, 6.07) is 17.4. The number of carbonyl (C=O) groups excluding carboxylic acids is 2. The number of halogens is 1. The molecule has 7 heteroatoms. The van der Waals surface area contributed by atoms with Crippen molar-refractivity contribution in [3.63, 3.8) is 0 Å². The van der Waals surface area contributed by atoms with E-state index in [1.807, 2.05) is 24.3 Å². The number of para-hydroxylation sites is 1. The highest BCUT2D eigenvalue weighted by Gasteiger charge is 2.20. The van der Waals surface area contributed by atoms with Crippen LogP contribution in [-0.4, -0.2) is 16.8 Å². The highest BCUT2D eigenvalue weighted by Crippen LogP contribution is 2.28. The van der Waals surface area contributed by atoms with Crippen LogP contribution in [0.25, 0.3) is 10.9 Å². The average Bonchev–Trinajstić information content (AvgIpc) is 3.35. The molecule has 2 aromatic carbocycles. The van der Waals surface area contributed by atoms with Gasteiger partial charge >= 0.3 is 0 Å². The Morgan fingerprint density at radius 3 is 2.50 bits per heavy atom. The number of benzene rings is 2. The van der Waals surface area contributed by atoms with Crippen molar-refractivity contribution in [2.45, 2.75) is 6.54 Å². The van der Waals surface area contributed by atoms with Gasteiger partial charge in [-0.05, 0) is 42.5 Å². The zero-order valence-electron chi connectivity index (χ0n) is 14.7. The van der Waals surface area contributed by atoms with Gasteiger partial charge in [-0.1, -0.05) is 29.8 Å². The summed E-state index contributed by atoms with van der Waals surface area (Å²) in [4.78, 5) is 28.5. The van der Waals surface area contributed by atoms with Gasteiger partial charge in [0.2, 0.25) is 0 Å². The van der Waals surface area contributed by atoms with Gasteiger partial charge in [0, 0.05) is 21.5 Å². The zero-order valence-corrected chi connectivity index (χ0v) is 15.4. The van der Waals surface area contributed by atoms with Crippen molar-refractivity contribution in [1.29, 1.82) is 0 Å². The van der Waals surface area contributed by atoms with Crippen LogP contribution in [0.4, 0.5) is 5.69 Å². The number of fused-ring (bicyclic) bond motifs is 1. The molecule has 3 N–H and O–H groups in total. The molecule has 0 fully saturated rings. The number of hydrogen-bond acceptors (Lipinski definition) is 3. The number of nitrogens with one attached hydrogen (secondary N) is 3. The predicted molar refractivity (Wildman–Crippen MR) is 108 cm³/mol. The summed E-state index contributed by atoms with van der Waals surface area (Å²) in [5.41, 5.74) is 1.89. The first-order valence-electron chi connectivity index (χ1n) is 8.60. The Kier molecular flexibility index (Phi) is 4.87. The number of furan rings is 1. The smallest absolute Gasteiger partial charge is 0.270 e. The van der Waals surface area contributed by atoms with Crippen LogP contribution in [0.5, 0.6) is 0 Å². The molecule has 0 atom stereocenters. The molecule has 140 valence electrons. The van der Waals surface area contributed by atoms with Gasteiger partial charge in [0.25, 0.3) is 11.8 Å². The van der Waals surface area contributed by atoms with E-state index in [0.717, 1.165) is 10.9 Å². The fourth-order valence-corrected chi connectivity index (χ4v) is 3.02. The van der Waals surface area contributed by atoms with E-state index >= 15 is 0 Å². The Hall–Kier alpha value is -3.51. The zero-order chi connectivity index (χ0) is 19.5. The van der Waals surface area contributed by atoms with E-state index in [0.29, 0.717) is 22.0 Å². The number of aromatic nitrogens is 1. The Balaban J connectivity index is 1.64. The number of amides is 2. The van der Waals surface area contributed by atoms with Crippen molar-refractivity contribution < 1.29 is 14.0 Å². The summed E-state index contributed by atoms with van der Waals surface area (Å²) in [5, 5.41) is 6.92. The molecule has 0 saturated carbocycles. The first kappa shape index (κ1) is 17.9. The summed E-state index contributed by atoms with van der Waals surface area (Å²) >= 11 is 5.88. The van der Waals surface area contributed by atoms with E-state index in [4.69, 9.17) is 16.0 Å². The van der Waals surface area contributed by atoms with Crippen molar-refractivity contribution in [2.24, 2.45) is 0 Å². The van der Waals surface area contributed by atoms with Crippen molar-refractivity contribution in [1.82, 2.24) is 10.3 Å². The van der Waals surface area contributed by atoms with Gasteiger partial charge in [0.15, 0.2) is 0 Å². The normalized spacial score (nSPS) is 10.8. The van der Waals surface area contributed by atoms with Crippen molar-refractivity contribution in [3.8, 4) is 0 Å². The molecule has 2 aromatic heterocycles. The van der Waals surface area contributed by atoms with Crippen molar-refractivity contribution >= 4 is 40.0 Å². The first-order valence-corrected chi connectivity index (χ1v) is 8.98. The summed E-state index contributed by atoms with van der Waals surface area (Å²) < 4.78 is 5.24. The number of rotatable bonds is 5. The van der Waals surface area contributed by atoms with Gasteiger partial charge in [-0.3, -0.25) is 9.59 Å². The van der Waals surface area contributed by atoms with E-state index in [9.17, 15) is 9.59 Å². The molecule has 28 heavy (non-hydrogen) atoms. The molecule has 0 radical (unpaired) electrons. The third-order valence-electron chi connectivity index (χ3n) is 4.28. The molecular weight excluding hydrogens is 378 g/mol. The maximum Gasteiger partial charge on any atom is 0.270 e. The molecule has 0 aliphatic rings. The topological polar surface area (TPSA) is 87.1 Å². The highest BCUT2D eigenvalue weighted by atomic mass is 35.5. The lowest BCUT2D eigenvalue weighted by Crippen LogP contribution is -2.24. The number of aromatic amines is 1. The molecule has 0 saturated heterocycles. The van der Waals surface area contributed by atoms with Crippen molar-refractivity contribution in [3.05, 3.63) is 89.0 Å². The molecule has 6 nitrogen and oxygen atoms in total. The van der Waals surface area contributed by atoms with Gasteiger partial charge in [-0.25, -0.2) is 0 Å². The van der Waals surface area contributed by atoms with Crippen LogP contribution < -0.4 is 10.6 Å². The molecule has 2 amide bonds. The molecule has 0 bridgehead atoms. The van der Waals surface area contributed by atoms with Crippen LogP contribution in [0, 0.1) is 0 Å². The van der Waals surface area contributed by atoms with Crippen LogP contribution in [0.1, 0.15) is 26.6 Å². The minimum Gasteiger partial charge on any atom is -0.467 e. The SMILES string of the molecule is O=C(Nc1c(C(=O)NCc2ccco2)[nH]c2ccccc12)c1ccc(Cl)cc1. The van der Waals surface area contributed by atoms with Crippen molar-refractivity contribution in [2.75, 3.05) is 5.32 Å². The molecule has 4 aromatic rings. The Bertz CT molecular complexity index is 1130. The van der Waals surface area contributed by atoms with Crippen LogP contribution in [-0.2, 0) is 6.54 Å². The van der Waals surface area contributed by atoms with E-state index in [1.54, 1.807) is 42.7 Å². The fourth-order valence-electron chi connectivity index (χ4n) is 2.90. The molecule has 0 spiro atoms. The Morgan fingerprint density at radius 1 is 0.964 bits per heavy atom. The largest absolute Gasteiger partial charge is 0.467 e. The summed E-state index contributed by atoms with van der Waals surface area (Å²) in [6.07, 6.45) is 1.54. The van der Waals surface area contributed by atoms with E-state index in [2.05, 4.69) is 15.6 Å². The lowest BCUT2D eigenvalue weighted by Gasteiger charge is -2.08. The standard InChI is InChI=1S/C21H16ClN3O3/c22-14-9-7-13(8-10-14)20(26)25-18-16-5-1-2-6-17(16)24-19(18)21(27)23-12-15-4-3-11-28-15/h1-11,24H,12H2,(H,23,27)(H,25,26). The third kappa shape index (κ3) is 3.63. The second-order valence-corrected chi connectivity index (χ2v) is 6.58. The van der Waals surface area contributed by atoms with Crippen LogP contribution in [0.3, 0.4) is 0 Å². The van der Waals surface area contributed by atoms with Gasteiger partial charge in [-0.2, -0.15) is 0 Å². The molecule has 0 unspecified atom stereocenters. The van der Waals surface area contributed by atoms with E-state index < -0.39 is 0 Å². The molecule has 0 aliphatic heterocycles. The van der Waals surface area contributed by atoms with Gasteiger partial charge < -0.3 is 20.0 Å². The number of H-pyrrole nitrogens is 1. The van der Waals surface area contributed by atoms with Crippen LogP contribution in [0.2, 0.25) is 5.02 Å². The van der Waals surface area contributed by atoms with E-state index in [1.165, 1.54) is 0 Å². The van der Waals surface area contributed by atoms with Gasteiger partial charge in [0.1, 0.15) is 11.5 Å². The summed E-state index contributed by atoms with van der Waals surface area (Å²) in [5.74, 6) is -0.0447. The summed E-state index contributed by atoms with van der Waals surface area (Å²) in [6.45, 7) is 0.242. The predicted octanol–water partition coefficient (Wildman–Crippen LogP) is 4.60. The number of hydrogen-bond donors (Lipinski definition) is 3. The monoisotopic (exact) mass is 393 g/mol. The fraction of sp³-hybridized carbons (Fsp3) is 0.0476. The molecule has 4 rings (SSSR count). The third-order valence-corrected chi connectivity index (χ3v) is 4.53. The second-order valence-electron chi connectivity index (χ2n) is 6.14. The van der Waals surface area contributed by atoms with Crippen LogP contribution in [0.15, 0.2) is 71.3 Å².